The molecule has 0 radical (unpaired) electrons. The predicted molar refractivity (Wildman–Crippen MR) is 135 cm³/mol. The van der Waals surface area contributed by atoms with Crippen molar-refractivity contribution in [1.82, 2.24) is 8.87 Å². The molecule has 9 nitrogen and oxygen atoms in total. The molecule has 2 heterocycles. The number of hydrogen-bond acceptors (Lipinski definition) is 6. The number of nitrogens with one attached hydrogen (secondary N) is 1. The number of rotatable bonds is 7. The van der Waals surface area contributed by atoms with E-state index in [0.29, 0.717) is 42.3 Å². The summed E-state index contributed by atoms with van der Waals surface area (Å²) < 4.78 is 35.2. The smallest absolute Gasteiger partial charge is 0.279 e. The van der Waals surface area contributed by atoms with E-state index < -0.39 is 15.9 Å². The fraction of sp³-hybridized carbons (Fsp3) is 0.375. The molecule has 0 aliphatic carbocycles. The molecular formula is C24H28N4O5S2. The third-order valence-electron chi connectivity index (χ3n) is 5.77. The number of nitrogens with zero attached hydrogens (tertiary/aromatic N) is 3. The maximum Gasteiger partial charge on any atom is 0.279 e. The van der Waals surface area contributed by atoms with Crippen molar-refractivity contribution in [2.75, 3.05) is 32.1 Å². The van der Waals surface area contributed by atoms with Crippen LogP contribution in [0.1, 0.15) is 36.5 Å². The summed E-state index contributed by atoms with van der Waals surface area (Å²) in [5.41, 5.74) is 1.83. The Morgan fingerprint density at radius 1 is 1.09 bits per heavy atom. The summed E-state index contributed by atoms with van der Waals surface area (Å²) in [5.74, 6) is -0.634. The number of fused-ring (bicyclic) bond motifs is 1. The fourth-order valence-electron chi connectivity index (χ4n) is 4.01. The molecule has 11 heteroatoms. The second-order valence-electron chi connectivity index (χ2n) is 8.30. The molecular weight excluding hydrogens is 488 g/mol. The highest BCUT2D eigenvalue weighted by atomic mass is 32.2. The quantitative estimate of drug-likeness (QED) is 0.519. The first-order chi connectivity index (χ1) is 16.8. The first-order valence-corrected chi connectivity index (χ1v) is 13.6. The van der Waals surface area contributed by atoms with Gasteiger partial charge in [0.25, 0.3) is 5.91 Å². The largest absolute Gasteiger partial charge is 0.383 e. The minimum Gasteiger partial charge on any atom is -0.383 e. The molecule has 1 saturated heterocycles. The van der Waals surface area contributed by atoms with Gasteiger partial charge in [0, 0.05) is 44.9 Å². The van der Waals surface area contributed by atoms with Crippen molar-refractivity contribution < 1.29 is 22.7 Å². The number of anilines is 1. The summed E-state index contributed by atoms with van der Waals surface area (Å²) in [7, 11) is -1.96. The lowest BCUT2D eigenvalue weighted by atomic mass is 10.2. The standard InChI is InChI=1S/C24H28N4O5S2/c1-17(29)25-19-8-11-21-22(16-19)34-24(28(21)14-15-33-2)26-23(30)18-6-9-20(10-7-18)35(31,32)27-12-4-3-5-13-27/h6-11,16H,3-5,12-15H2,1-2H3,(H,25,29). The molecule has 35 heavy (non-hydrogen) atoms. The molecule has 0 spiro atoms. The number of aromatic nitrogens is 1. The van der Waals surface area contributed by atoms with E-state index >= 15 is 0 Å². The summed E-state index contributed by atoms with van der Waals surface area (Å²) in [5, 5.41) is 2.76. The second kappa shape index (κ2) is 10.8. The van der Waals surface area contributed by atoms with Crippen molar-refractivity contribution in [3.63, 3.8) is 0 Å². The van der Waals surface area contributed by atoms with E-state index in [1.165, 1.54) is 46.8 Å². The second-order valence-corrected chi connectivity index (χ2v) is 11.2. The lowest BCUT2D eigenvalue weighted by molar-refractivity contribution is -0.114. The summed E-state index contributed by atoms with van der Waals surface area (Å²) in [6, 6.07) is 11.5. The number of hydrogen-bond donors (Lipinski definition) is 1. The van der Waals surface area contributed by atoms with Gasteiger partial charge >= 0.3 is 0 Å². The van der Waals surface area contributed by atoms with E-state index in [4.69, 9.17) is 4.74 Å². The molecule has 2 amide bonds. The molecule has 0 unspecified atom stereocenters. The van der Waals surface area contributed by atoms with Gasteiger partial charge in [-0.15, -0.1) is 0 Å². The van der Waals surface area contributed by atoms with Crippen LogP contribution in [0.3, 0.4) is 0 Å². The first kappa shape index (κ1) is 25.2. The van der Waals surface area contributed by atoms with E-state index in [1.807, 2.05) is 16.7 Å². The third kappa shape index (κ3) is 5.69. The Morgan fingerprint density at radius 3 is 2.46 bits per heavy atom. The number of piperidine rings is 1. The fourth-order valence-corrected chi connectivity index (χ4v) is 6.62. The normalized spacial score (nSPS) is 15.4. The molecule has 186 valence electrons. The van der Waals surface area contributed by atoms with Gasteiger partial charge in [-0.1, -0.05) is 17.8 Å². The Hall–Kier alpha value is -2.86. The van der Waals surface area contributed by atoms with Crippen molar-refractivity contribution >= 4 is 49.1 Å². The van der Waals surface area contributed by atoms with Gasteiger partial charge in [0.2, 0.25) is 15.9 Å². The van der Waals surface area contributed by atoms with E-state index in [2.05, 4.69) is 10.3 Å². The highest BCUT2D eigenvalue weighted by molar-refractivity contribution is 7.89. The van der Waals surface area contributed by atoms with Crippen molar-refractivity contribution in [2.24, 2.45) is 4.99 Å². The molecule has 1 fully saturated rings. The van der Waals surface area contributed by atoms with Gasteiger partial charge in [-0.2, -0.15) is 9.30 Å². The number of carbonyl (C=O) groups is 2. The summed E-state index contributed by atoms with van der Waals surface area (Å²) in [6.07, 6.45) is 2.76. The maximum absolute atomic E-state index is 13.0. The molecule has 3 aromatic rings. The van der Waals surface area contributed by atoms with Gasteiger partial charge in [0.05, 0.1) is 21.7 Å². The van der Waals surface area contributed by atoms with Crippen LogP contribution in [0.25, 0.3) is 10.2 Å². The lowest BCUT2D eigenvalue weighted by Gasteiger charge is -2.25. The van der Waals surface area contributed by atoms with Crippen LogP contribution in [0.2, 0.25) is 0 Å². The number of benzene rings is 2. The molecule has 0 saturated carbocycles. The van der Waals surface area contributed by atoms with Crippen LogP contribution in [0, 0.1) is 0 Å². The average molecular weight is 517 g/mol. The maximum atomic E-state index is 13.0. The number of amides is 2. The molecule has 4 rings (SSSR count). The van der Waals surface area contributed by atoms with Crippen molar-refractivity contribution in [3.05, 3.63) is 52.8 Å². The van der Waals surface area contributed by atoms with Crippen molar-refractivity contribution in [2.45, 2.75) is 37.6 Å². The number of sulfonamides is 1. The third-order valence-corrected chi connectivity index (χ3v) is 8.73. The van der Waals surface area contributed by atoms with E-state index in [-0.39, 0.29) is 10.8 Å². The minimum atomic E-state index is -3.56. The van der Waals surface area contributed by atoms with Gasteiger partial charge in [-0.3, -0.25) is 9.59 Å². The Balaban J connectivity index is 1.65. The summed E-state index contributed by atoms with van der Waals surface area (Å²) in [4.78, 5) is 29.4. The van der Waals surface area contributed by atoms with Gasteiger partial charge in [0.15, 0.2) is 4.80 Å². The van der Waals surface area contributed by atoms with Gasteiger partial charge in [-0.25, -0.2) is 8.42 Å². The zero-order valence-electron chi connectivity index (χ0n) is 19.7. The molecule has 0 atom stereocenters. The molecule has 1 N–H and O–H groups in total. The van der Waals surface area contributed by atoms with Crippen molar-refractivity contribution in [1.29, 1.82) is 0 Å². The number of methoxy groups -OCH3 is 1. The van der Waals surface area contributed by atoms with Crippen LogP contribution in [-0.2, 0) is 26.1 Å². The topological polar surface area (TPSA) is 110 Å². The van der Waals surface area contributed by atoms with Crippen LogP contribution in [-0.4, -0.2) is 55.9 Å². The number of carbonyl (C=O) groups excluding carboxylic acids is 2. The summed E-state index contributed by atoms with van der Waals surface area (Å²) >= 11 is 1.33. The number of ether oxygens (including phenoxy) is 1. The molecule has 1 aliphatic heterocycles. The number of thiazole rings is 1. The highest BCUT2D eigenvalue weighted by Gasteiger charge is 2.26. The lowest BCUT2D eigenvalue weighted by Crippen LogP contribution is -2.35. The van der Waals surface area contributed by atoms with E-state index in [1.54, 1.807) is 13.2 Å². The van der Waals surface area contributed by atoms with Crippen LogP contribution in [0.15, 0.2) is 52.4 Å². The van der Waals surface area contributed by atoms with Crippen molar-refractivity contribution in [3.8, 4) is 0 Å². The SMILES string of the molecule is COCCn1c(=NC(=O)c2ccc(S(=O)(=O)N3CCCCC3)cc2)sc2cc(NC(C)=O)ccc21. The first-order valence-electron chi connectivity index (χ1n) is 11.4. The van der Waals surface area contributed by atoms with Crippen LogP contribution >= 0.6 is 11.3 Å². The van der Waals surface area contributed by atoms with Gasteiger partial charge < -0.3 is 14.6 Å². The molecule has 1 aliphatic rings. The Bertz CT molecular complexity index is 1400. The zero-order valence-corrected chi connectivity index (χ0v) is 21.3. The molecule has 1 aromatic heterocycles. The summed E-state index contributed by atoms with van der Waals surface area (Å²) in [6.45, 7) is 3.42. The minimum absolute atomic E-state index is 0.168. The Morgan fingerprint density at radius 2 is 1.80 bits per heavy atom. The monoisotopic (exact) mass is 516 g/mol. The van der Waals surface area contributed by atoms with Gasteiger partial charge in [0.1, 0.15) is 0 Å². The Kier molecular flexibility index (Phi) is 7.80. The average Bonchev–Trinajstić information content (AvgIpc) is 3.18. The van der Waals surface area contributed by atoms with Gasteiger partial charge in [-0.05, 0) is 55.3 Å². The van der Waals surface area contributed by atoms with Crippen LogP contribution < -0.4 is 10.1 Å². The predicted octanol–water partition coefficient (Wildman–Crippen LogP) is 3.22. The Labute approximate surface area is 208 Å². The van der Waals surface area contributed by atoms with E-state index in [9.17, 15) is 18.0 Å². The van der Waals surface area contributed by atoms with Crippen LogP contribution in [0.4, 0.5) is 5.69 Å². The molecule has 2 aromatic carbocycles. The zero-order chi connectivity index (χ0) is 25.0. The van der Waals surface area contributed by atoms with E-state index in [0.717, 1.165) is 29.5 Å². The molecule has 0 bridgehead atoms. The van der Waals surface area contributed by atoms with Crippen LogP contribution in [0.5, 0.6) is 0 Å². The highest BCUT2D eigenvalue weighted by Crippen LogP contribution is 2.23.